The number of para-hydroxylation sites is 2. The number of nitrogens with zero attached hydrogens (tertiary/aromatic N) is 4. The van der Waals surface area contributed by atoms with Crippen LogP contribution in [0, 0.1) is 6.92 Å². The minimum absolute atomic E-state index is 0.102. The van der Waals surface area contributed by atoms with Gasteiger partial charge in [0.15, 0.2) is 5.82 Å². The van der Waals surface area contributed by atoms with Gasteiger partial charge in [-0.2, -0.15) is 5.10 Å². The van der Waals surface area contributed by atoms with Crippen LogP contribution in [0.1, 0.15) is 30.5 Å². The van der Waals surface area contributed by atoms with Crippen LogP contribution in [0.5, 0.6) is 5.75 Å². The normalized spacial score (nSPS) is 20.7. The van der Waals surface area contributed by atoms with E-state index in [9.17, 15) is 4.79 Å². The Morgan fingerprint density at radius 3 is 3.08 bits per heavy atom. The van der Waals surface area contributed by atoms with Crippen molar-refractivity contribution >= 4 is 11.6 Å². The Balaban J connectivity index is 1.50. The van der Waals surface area contributed by atoms with Crippen molar-refractivity contribution in [1.29, 1.82) is 0 Å². The molecule has 0 aliphatic carbocycles. The molecule has 0 bridgehead atoms. The average molecular weight is 327 g/mol. The summed E-state index contributed by atoms with van der Waals surface area (Å²) in [5, 5.41) is 7.18. The highest BCUT2D eigenvalue weighted by Gasteiger charge is 2.32. The SMILES string of the molecule is Cc1nc([C@@H]2CCCN2CC(=O)N2CCOc3ccccc32)n[nH]1. The number of ether oxygens (including phenoxy) is 1. The molecule has 2 aliphatic heterocycles. The molecule has 4 rings (SSSR count). The number of carbonyl (C=O) groups is 1. The van der Waals surface area contributed by atoms with Crippen molar-refractivity contribution in [2.45, 2.75) is 25.8 Å². The highest BCUT2D eigenvalue weighted by Crippen LogP contribution is 2.33. The summed E-state index contributed by atoms with van der Waals surface area (Å²) in [7, 11) is 0. The molecule has 2 aliphatic rings. The molecule has 1 amide bonds. The Hall–Kier alpha value is -2.41. The maximum absolute atomic E-state index is 12.9. The van der Waals surface area contributed by atoms with Crippen molar-refractivity contribution in [3.8, 4) is 5.75 Å². The number of hydrogen-bond donors (Lipinski definition) is 1. The number of H-pyrrole nitrogens is 1. The first kappa shape index (κ1) is 15.1. The molecule has 1 atom stereocenters. The number of fused-ring (bicyclic) bond motifs is 1. The molecule has 2 aromatic rings. The fourth-order valence-electron chi connectivity index (χ4n) is 3.50. The molecule has 0 radical (unpaired) electrons. The third-order valence-corrected chi connectivity index (χ3v) is 4.64. The number of aromatic amines is 1. The molecular weight excluding hydrogens is 306 g/mol. The van der Waals surface area contributed by atoms with Gasteiger partial charge >= 0.3 is 0 Å². The van der Waals surface area contributed by atoms with Gasteiger partial charge in [0, 0.05) is 0 Å². The number of aromatic nitrogens is 3. The van der Waals surface area contributed by atoms with Crippen LogP contribution < -0.4 is 9.64 Å². The summed E-state index contributed by atoms with van der Waals surface area (Å²) >= 11 is 0. The van der Waals surface area contributed by atoms with Crippen LogP contribution in [-0.4, -0.2) is 52.2 Å². The first-order valence-electron chi connectivity index (χ1n) is 8.37. The van der Waals surface area contributed by atoms with Crippen molar-refractivity contribution in [1.82, 2.24) is 20.1 Å². The largest absolute Gasteiger partial charge is 0.490 e. The molecule has 1 saturated heterocycles. The number of hydrogen-bond acceptors (Lipinski definition) is 5. The van der Waals surface area contributed by atoms with E-state index in [4.69, 9.17) is 4.74 Å². The van der Waals surface area contributed by atoms with Crippen LogP contribution in [0.2, 0.25) is 0 Å². The summed E-state index contributed by atoms with van der Waals surface area (Å²) < 4.78 is 5.64. The lowest BCUT2D eigenvalue weighted by atomic mass is 10.2. The first-order valence-corrected chi connectivity index (χ1v) is 8.37. The maximum atomic E-state index is 12.9. The Bertz CT molecular complexity index is 744. The topological polar surface area (TPSA) is 74.3 Å². The maximum Gasteiger partial charge on any atom is 0.241 e. The van der Waals surface area contributed by atoms with Gasteiger partial charge in [-0.3, -0.25) is 14.8 Å². The van der Waals surface area contributed by atoms with Crippen molar-refractivity contribution in [2.24, 2.45) is 0 Å². The van der Waals surface area contributed by atoms with E-state index in [1.807, 2.05) is 36.1 Å². The van der Waals surface area contributed by atoms with Gasteiger partial charge in [-0.25, -0.2) is 4.98 Å². The lowest BCUT2D eigenvalue weighted by Crippen LogP contribution is -2.44. The van der Waals surface area contributed by atoms with Gasteiger partial charge in [0.1, 0.15) is 18.2 Å². The number of amides is 1. The smallest absolute Gasteiger partial charge is 0.241 e. The van der Waals surface area contributed by atoms with Gasteiger partial charge in [0.25, 0.3) is 0 Å². The molecule has 1 aromatic carbocycles. The molecule has 1 fully saturated rings. The average Bonchev–Trinajstić information content (AvgIpc) is 3.23. The molecule has 24 heavy (non-hydrogen) atoms. The van der Waals surface area contributed by atoms with Crippen LogP contribution in [0.4, 0.5) is 5.69 Å². The highest BCUT2D eigenvalue weighted by molar-refractivity contribution is 5.96. The van der Waals surface area contributed by atoms with E-state index in [0.29, 0.717) is 19.7 Å². The molecular formula is C17H21N5O2. The van der Waals surface area contributed by atoms with Gasteiger partial charge in [-0.15, -0.1) is 0 Å². The highest BCUT2D eigenvalue weighted by atomic mass is 16.5. The van der Waals surface area contributed by atoms with Crippen molar-refractivity contribution in [3.05, 3.63) is 35.9 Å². The van der Waals surface area contributed by atoms with E-state index >= 15 is 0 Å². The third-order valence-electron chi connectivity index (χ3n) is 4.64. The Labute approximate surface area is 140 Å². The van der Waals surface area contributed by atoms with Crippen LogP contribution in [-0.2, 0) is 4.79 Å². The summed E-state index contributed by atoms with van der Waals surface area (Å²) in [5.41, 5.74) is 0.859. The zero-order valence-electron chi connectivity index (χ0n) is 13.7. The van der Waals surface area contributed by atoms with E-state index in [1.165, 1.54) is 0 Å². The number of nitrogens with one attached hydrogen (secondary N) is 1. The Morgan fingerprint density at radius 1 is 1.38 bits per heavy atom. The van der Waals surface area contributed by atoms with E-state index in [-0.39, 0.29) is 11.9 Å². The minimum atomic E-state index is 0.102. The van der Waals surface area contributed by atoms with Crippen molar-refractivity contribution < 1.29 is 9.53 Å². The molecule has 0 unspecified atom stereocenters. The zero-order valence-corrected chi connectivity index (χ0v) is 13.7. The predicted octanol–water partition coefficient (Wildman–Crippen LogP) is 1.68. The van der Waals surface area contributed by atoms with E-state index in [0.717, 1.165) is 42.5 Å². The molecule has 7 heteroatoms. The van der Waals surface area contributed by atoms with Gasteiger partial charge in [-0.05, 0) is 38.4 Å². The monoisotopic (exact) mass is 327 g/mol. The molecule has 3 heterocycles. The first-order chi connectivity index (χ1) is 11.7. The van der Waals surface area contributed by atoms with Crippen LogP contribution >= 0.6 is 0 Å². The van der Waals surface area contributed by atoms with Crippen molar-refractivity contribution in [3.63, 3.8) is 0 Å². The third kappa shape index (κ3) is 2.75. The fourth-order valence-corrected chi connectivity index (χ4v) is 3.50. The molecule has 126 valence electrons. The second kappa shape index (κ2) is 6.24. The summed E-state index contributed by atoms with van der Waals surface area (Å²) in [6, 6.07) is 7.82. The van der Waals surface area contributed by atoms with Gasteiger partial charge in [0.05, 0.1) is 24.8 Å². The summed E-state index contributed by atoms with van der Waals surface area (Å²) in [4.78, 5) is 21.3. The number of carbonyl (C=O) groups excluding carboxylic acids is 1. The summed E-state index contributed by atoms with van der Waals surface area (Å²) in [6.07, 6.45) is 2.05. The Kier molecular flexibility index (Phi) is 3.93. The minimum Gasteiger partial charge on any atom is -0.490 e. The number of rotatable bonds is 3. The van der Waals surface area contributed by atoms with Crippen LogP contribution in [0.15, 0.2) is 24.3 Å². The second-order valence-electron chi connectivity index (χ2n) is 6.27. The summed E-state index contributed by atoms with van der Waals surface area (Å²) in [6.45, 7) is 4.30. The summed E-state index contributed by atoms with van der Waals surface area (Å²) in [5.74, 6) is 2.48. The van der Waals surface area contributed by atoms with Gasteiger partial charge < -0.3 is 9.64 Å². The van der Waals surface area contributed by atoms with Crippen LogP contribution in [0.3, 0.4) is 0 Å². The molecule has 0 saturated carbocycles. The molecule has 7 nitrogen and oxygen atoms in total. The predicted molar refractivity (Wildman–Crippen MR) is 89.0 cm³/mol. The Morgan fingerprint density at radius 2 is 2.25 bits per heavy atom. The lowest BCUT2D eigenvalue weighted by Gasteiger charge is -2.31. The standard InChI is InChI=1S/C17H21N5O2/c1-12-18-17(20-19-12)14-6-4-8-21(14)11-16(23)22-9-10-24-15-7-3-2-5-13(15)22/h2-3,5,7,14H,4,6,8-11H2,1H3,(H,18,19,20)/t14-/m0/s1. The number of benzene rings is 1. The van der Waals surface area contributed by atoms with E-state index < -0.39 is 0 Å². The van der Waals surface area contributed by atoms with E-state index in [1.54, 1.807) is 0 Å². The quantitative estimate of drug-likeness (QED) is 0.928. The number of likely N-dealkylation sites (tertiary alicyclic amines) is 1. The van der Waals surface area contributed by atoms with Gasteiger partial charge in [-0.1, -0.05) is 12.1 Å². The fraction of sp³-hybridized carbons (Fsp3) is 0.471. The molecule has 0 spiro atoms. The zero-order chi connectivity index (χ0) is 16.5. The van der Waals surface area contributed by atoms with Crippen LogP contribution in [0.25, 0.3) is 0 Å². The lowest BCUT2D eigenvalue weighted by molar-refractivity contribution is -0.120. The second-order valence-corrected chi connectivity index (χ2v) is 6.27. The van der Waals surface area contributed by atoms with Crippen molar-refractivity contribution in [2.75, 3.05) is 31.1 Å². The van der Waals surface area contributed by atoms with Gasteiger partial charge in [0.2, 0.25) is 5.91 Å². The number of anilines is 1. The number of aryl methyl sites for hydroxylation is 1. The van der Waals surface area contributed by atoms with E-state index in [2.05, 4.69) is 20.1 Å². The molecule has 1 N–H and O–H groups in total. The molecule has 1 aromatic heterocycles.